The summed E-state index contributed by atoms with van der Waals surface area (Å²) in [5, 5.41) is 17.7. The number of nitrogens with zero attached hydrogens (tertiary/aromatic N) is 1. The number of hydrogen-bond acceptors (Lipinski definition) is 4. The third kappa shape index (κ3) is 3.69. The standard InChI is InChI=1S/C10H21NO4S/c12-7-6-11(16(14,15)9-8-13)10-4-2-1-3-5-10/h10,12-13H,1-9H2. The van der Waals surface area contributed by atoms with Crippen LogP contribution >= 0.6 is 0 Å². The lowest BCUT2D eigenvalue weighted by atomic mass is 9.95. The predicted octanol–water partition coefficient (Wildman–Crippen LogP) is -0.0645. The Balaban J connectivity index is 2.72. The van der Waals surface area contributed by atoms with Gasteiger partial charge in [-0.15, -0.1) is 0 Å². The van der Waals surface area contributed by atoms with Crippen LogP contribution in [0, 0.1) is 0 Å². The summed E-state index contributed by atoms with van der Waals surface area (Å²) in [5.74, 6) is -0.247. The highest BCUT2D eigenvalue weighted by atomic mass is 32.2. The average molecular weight is 251 g/mol. The van der Waals surface area contributed by atoms with Crippen LogP contribution in [0.2, 0.25) is 0 Å². The van der Waals surface area contributed by atoms with Gasteiger partial charge in [-0.2, -0.15) is 4.31 Å². The number of rotatable bonds is 6. The summed E-state index contributed by atoms with van der Waals surface area (Å²) in [6.45, 7) is -0.384. The van der Waals surface area contributed by atoms with Gasteiger partial charge in [-0.05, 0) is 12.8 Å². The third-order valence-electron chi connectivity index (χ3n) is 3.01. The molecule has 2 N–H and O–H groups in total. The molecule has 5 nitrogen and oxygen atoms in total. The molecule has 0 amide bonds. The Labute approximate surface area is 97.1 Å². The zero-order chi connectivity index (χ0) is 12.0. The SMILES string of the molecule is O=S(=O)(CCO)N(CCO)C1CCCCC1. The summed E-state index contributed by atoms with van der Waals surface area (Å²) in [7, 11) is -3.41. The Bertz CT molecular complexity index is 285. The summed E-state index contributed by atoms with van der Waals surface area (Å²) in [4.78, 5) is 0. The van der Waals surface area contributed by atoms with Gasteiger partial charge >= 0.3 is 0 Å². The first kappa shape index (κ1) is 13.9. The molecule has 0 saturated heterocycles. The molecule has 1 rings (SSSR count). The predicted molar refractivity (Wildman–Crippen MR) is 61.5 cm³/mol. The van der Waals surface area contributed by atoms with E-state index < -0.39 is 10.0 Å². The van der Waals surface area contributed by atoms with Crippen molar-refractivity contribution >= 4 is 10.0 Å². The summed E-state index contributed by atoms with van der Waals surface area (Å²) >= 11 is 0. The molecular formula is C10H21NO4S. The Morgan fingerprint density at radius 2 is 1.69 bits per heavy atom. The quantitative estimate of drug-likeness (QED) is 0.693. The van der Waals surface area contributed by atoms with Crippen LogP contribution in [0.1, 0.15) is 32.1 Å². The van der Waals surface area contributed by atoms with Gasteiger partial charge in [-0.1, -0.05) is 19.3 Å². The van der Waals surface area contributed by atoms with Gasteiger partial charge in [0, 0.05) is 12.6 Å². The molecule has 6 heteroatoms. The lowest BCUT2D eigenvalue weighted by Gasteiger charge is -2.32. The fraction of sp³-hybridized carbons (Fsp3) is 1.00. The minimum absolute atomic E-state index is 0.0115. The van der Waals surface area contributed by atoms with E-state index in [0.717, 1.165) is 32.1 Å². The van der Waals surface area contributed by atoms with Gasteiger partial charge in [-0.3, -0.25) is 0 Å². The van der Waals surface area contributed by atoms with Crippen molar-refractivity contribution in [3.63, 3.8) is 0 Å². The lowest BCUT2D eigenvalue weighted by molar-refractivity contribution is 0.198. The summed E-state index contributed by atoms with van der Waals surface area (Å²) in [6.07, 6.45) is 4.97. The van der Waals surface area contributed by atoms with E-state index in [2.05, 4.69) is 0 Å². The molecule has 96 valence electrons. The maximum atomic E-state index is 11.9. The van der Waals surface area contributed by atoms with E-state index in [-0.39, 0.29) is 31.6 Å². The minimum atomic E-state index is -3.41. The van der Waals surface area contributed by atoms with E-state index in [0.29, 0.717) is 0 Å². The first-order chi connectivity index (χ1) is 7.61. The van der Waals surface area contributed by atoms with Crippen LogP contribution in [0.3, 0.4) is 0 Å². The molecule has 0 radical (unpaired) electrons. The monoisotopic (exact) mass is 251 g/mol. The third-order valence-corrected chi connectivity index (χ3v) is 4.90. The first-order valence-electron chi connectivity index (χ1n) is 5.83. The van der Waals surface area contributed by atoms with Crippen molar-refractivity contribution in [1.82, 2.24) is 4.31 Å². The maximum absolute atomic E-state index is 11.9. The zero-order valence-corrected chi connectivity index (χ0v) is 10.3. The molecule has 1 fully saturated rings. The van der Waals surface area contributed by atoms with E-state index >= 15 is 0 Å². The lowest BCUT2D eigenvalue weighted by Crippen LogP contribution is -2.44. The van der Waals surface area contributed by atoms with Crippen LogP contribution < -0.4 is 0 Å². The number of hydrogen-bond donors (Lipinski definition) is 2. The van der Waals surface area contributed by atoms with Crippen molar-refractivity contribution in [3.05, 3.63) is 0 Å². The molecule has 0 aliphatic heterocycles. The van der Waals surface area contributed by atoms with Gasteiger partial charge in [0.2, 0.25) is 10.0 Å². The van der Waals surface area contributed by atoms with E-state index in [1.807, 2.05) is 0 Å². The van der Waals surface area contributed by atoms with Gasteiger partial charge in [-0.25, -0.2) is 8.42 Å². The first-order valence-corrected chi connectivity index (χ1v) is 7.44. The Morgan fingerprint density at radius 3 is 2.19 bits per heavy atom. The van der Waals surface area contributed by atoms with Crippen LogP contribution in [-0.2, 0) is 10.0 Å². The van der Waals surface area contributed by atoms with Crippen LogP contribution in [0.5, 0.6) is 0 Å². The Kier molecular flexibility index (Phi) is 5.68. The minimum Gasteiger partial charge on any atom is -0.395 e. The van der Waals surface area contributed by atoms with E-state index in [1.54, 1.807) is 0 Å². The molecule has 0 aromatic carbocycles. The highest BCUT2D eigenvalue weighted by Gasteiger charge is 2.29. The second-order valence-corrected chi connectivity index (χ2v) is 6.21. The van der Waals surface area contributed by atoms with Crippen molar-refractivity contribution in [2.24, 2.45) is 0 Å². The number of sulfonamides is 1. The van der Waals surface area contributed by atoms with Crippen LogP contribution in [0.25, 0.3) is 0 Å². The average Bonchev–Trinajstić information content (AvgIpc) is 2.27. The van der Waals surface area contributed by atoms with Gasteiger partial charge in [0.05, 0.1) is 19.0 Å². The van der Waals surface area contributed by atoms with Crippen molar-refractivity contribution in [2.75, 3.05) is 25.5 Å². The topological polar surface area (TPSA) is 77.8 Å². The Hall–Kier alpha value is -0.170. The van der Waals surface area contributed by atoms with E-state index in [9.17, 15) is 8.42 Å². The van der Waals surface area contributed by atoms with Crippen LogP contribution in [0.4, 0.5) is 0 Å². The molecular weight excluding hydrogens is 230 g/mol. The summed E-state index contributed by atoms with van der Waals surface area (Å²) in [5.41, 5.74) is 0. The van der Waals surface area contributed by atoms with E-state index in [4.69, 9.17) is 10.2 Å². The molecule has 16 heavy (non-hydrogen) atoms. The second-order valence-electron chi connectivity index (χ2n) is 4.17. The van der Waals surface area contributed by atoms with Gasteiger partial charge in [0.25, 0.3) is 0 Å². The molecule has 1 aliphatic rings. The molecule has 0 aromatic rings. The normalized spacial score (nSPS) is 19.2. The summed E-state index contributed by atoms with van der Waals surface area (Å²) < 4.78 is 25.1. The van der Waals surface area contributed by atoms with Crippen molar-refractivity contribution < 1.29 is 18.6 Å². The largest absolute Gasteiger partial charge is 0.395 e. The van der Waals surface area contributed by atoms with E-state index in [1.165, 1.54) is 4.31 Å². The van der Waals surface area contributed by atoms with Crippen molar-refractivity contribution in [3.8, 4) is 0 Å². The molecule has 0 atom stereocenters. The fourth-order valence-corrected chi connectivity index (χ4v) is 3.74. The zero-order valence-electron chi connectivity index (χ0n) is 9.51. The van der Waals surface area contributed by atoms with Gasteiger partial charge in [0.15, 0.2) is 0 Å². The molecule has 1 saturated carbocycles. The number of aliphatic hydroxyl groups is 2. The molecule has 1 aliphatic carbocycles. The highest BCUT2D eigenvalue weighted by molar-refractivity contribution is 7.89. The molecule has 0 unspecified atom stereocenters. The fourth-order valence-electron chi connectivity index (χ4n) is 2.25. The highest BCUT2D eigenvalue weighted by Crippen LogP contribution is 2.24. The van der Waals surface area contributed by atoms with Crippen LogP contribution in [-0.4, -0.2) is 54.5 Å². The van der Waals surface area contributed by atoms with Crippen molar-refractivity contribution in [2.45, 2.75) is 38.1 Å². The van der Waals surface area contributed by atoms with Crippen molar-refractivity contribution in [1.29, 1.82) is 0 Å². The second kappa shape index (κ2) is 6.54. The number of aliphatic hydroxyl groups excluding tert-OH is 2. The molecule has 0 aromatic heterocycles. The smallest absolute Gasteiger partial charge is 0.216 e. The van der Waals surface area contributed by atoms with Gasteiger partial charge < -0.3 is 10.2 Å². The molecule has 0 heterocycles. The molecule has 0 spiro atoms. The summed E-state index contributed by atoms with van der Waals surface area (Å²) in [6, 6.07) is 0.0115. The van der Waals surface area contributed by atoms with Gasteiger partial charge in [0.1, 0.15) is 0 Å². The molecule has 0 bridgehead atoms. The van der Waals surface area contributed by atoms with Crippen LogP contribution in [0.15, 0.2) is 0 Å². The maximum Gasteiger partial charge on any atom is 0.216 e. The Morgan fingerprint density at radius 1 is 1.06 bits per heavy atom.